The third-order valence-corrected chi connectivity index (χ3v) is 3.54. The van der Waals surface area contributed by atoms with Crippen LogP contribution in [0.3, 0.4) is 0 Å². The highest BCUT2D eigenvalue weighted by Gasteiger charge is 2.34. The average Bonchev–Trinajstić information content (AvgIpc) is 2.45. The first-order valence-electron chi connectivity index (χ1n) is 6.11. The van der Waals surface area contributed by atoms with Crippen LogP contribution in [0.25, 0.3) is 0 Å². The van der Waals surface area contributed by atoms with Gasteiger partial charge in [0.2, 0.25) is 0 Å². The van der Waals surface area contributed by atoms with Crippen LogP contribution in [0.5, 0.6) is 5.75 Å². The Kier molecular flexibility index (Phi) is 5.13. The Morgan fingerprint density at radius 2 is 1.77 bits per heavy atom. The summed E-state index contributed by atoms with van der Waals surface area (Å²) in [5, 5.41) is 3.95. The predicted molar refractivity (Wildman–Crippen MR) is 83.4 cm³/mol. The molecule has 0 saturated heterocycles. The molecule has 2 nitrogen and oxygen atoms in total. The van der Waals surface area contributed by atoms with Gasteiger partial charge in [-0.25, -0.2) is 0 Å². The molecule has 2 aromatic carbocycles. The van der Waals surface area contributed by atoms with Crippen molar-refractivity contribution in [1.82, 2.24) is 0 Å². The molecule has 0 amide bonds. The Morgan fingerprint density at radius 3 is 2.36 bits per heavy atom. The van der Waals surface area contributed by atoms with E-state index in [9.17, 15) is 13.2 Å². The molecule has 0 spiro atoms. The molecule has 0 saturated carbocycles. The van der Waals surface area contributed by atoms with E-state index in [0.29, 0.717) is 5.75 Å². The van der Waals surface area contributed by atoms with Crippen molar-refractivity contribution in [3.8, 4) is 5.75 Å². The van der Waals surface area contributed by atoms with Crippen molar-refractivity contribution in [2.24, 2.45) is 5.16 Å². The van der Waals surface area contributed by atoms with E-state index in [-0.39, 0.29) is 16.3 Å². The van der Waals surface area contributed by atoms with Crippen molar-refractivity contribution >= 4 is 33.2 Å². The fourth-order valence-corrected chi connectivity index (χ4v) is 2.17. The summed E-state index contributed by atoms with van der Waals surface area (Å²) in [5.74, 6) is 0.415. The Hall–Kier alpha value is -1.53. The van der Waals surface area contributed by atoms with Gasteiger partial charge in [-0.15, -0.1) is 0 Å². The molecule has 0 aliphatic heterocycles. The maximum absolute atomic E-state index is 13.0. The largest absolute Gasteiger partial charge is 0.417 e. The summed E-state index contributed by atoms with van der Waals surface area (Å²) in [5.41, 5.74) is -0.840. The topological polar surface area (TPSA) is 21.6 Å². The van der Waals surface area contributed by atoms with Gasteiger partial charge in [-0.05, 0) is 49.4 Å². The number of benzene rings is 2. The molecule has 0 heterocycles. The summed E-state index contributed by atoms with van der Waals surface area (Å²) in [6.45, 7) is 1.43. The molecule has 0 aliphatic rings. The van der Waals surface area contributed by atoms with Gasteiger partial charge in [-0.1, -0.05) is 32.7 Å². The lowest BCUT2D eigenvalue weighted by Crippen LogP contribution is -2.12. The summed E-state index contributed by atoms with van der Waals surface area (Å²) in [7, 11) is 0. The zero-order valence-electron chi connectivity index (χ0n) is 11.3. The molecule has 0 unspecified atom stereocenters. The third kappa shape index (κ3) is 4.24. The molecule has 0 fully saturated rings. The lowest BCUT2D eigenvalue weighted by Gasteiger charge is -2.12. The summed E-state index contributed by atoms with van der Waals surface area (Å²) < 4.78 is 39.9. The molecule has 0 atom stereocenters. The van der Waals surface area contributed by atoms with Crippen LogP contribution in [0.15, 0.2) is 52.1 Å². The molecule has 0 radical (unpaired) electrons. The molecule has 2 rings (SSSR count). The maximum Gasteiger partial charge on any atom is 0.417 e. The van der Waals surface area contributed by atoms with Crippen LogP contribution >= 0.6 is 27.5 Å². The van der Waals surface area contributed by atoms with Gasteiger partial charge in [0.15, 0.2) is 5.75 Å². The first-order valence-corrected chi connectivity index (χ1v) is 7.29. The molecule has 0 N–H and O–H groups in total. The monoisotopic (exact) mass is 391 g/mol. The number of halogens is 5. The van der Waals surface area contributed by atoms with Crippen LogP contribution in [0.1, 0.15) is 18.1 Å². The lowest BCUT2D eigenvalue weighted by atomic mass is 10.0. The van der Waals surface area contributed by atoms with E-state index >= 15 is 0 Å². The minimum Gasteiger partial charge on any atom is -0.357 e. The van der Waals surface area contributed by atoms with Gasteiger partial charge in [0.05, 0.1) is 11.3 Å². The van der Waals surface area contributed by atoms with E-state index in [1.165, 1.54) is 19.1 Å². The normalized spacial score (nSPS) is 12.4. The molecule has 0 aromatic heterocycles. The smallest absolute Gasteiger partial charge is 0.357 e. The second-order valence-corrected chi connectivity index (χ2v) is 5.76. The first-order chi connectivity index (χ1) is 10.3. The summed E-state index contributed by atoms with van der Waals surface area (Å²) in [6.07, 6.45) is -4.49. The average molecular weight is 393 g/mol. The van der Waals surface area contributed by atoms with E-state index in [2.05, 4.69) is 21.1 Å². The fraction of sp³-hybridized carbons (Fsp3) is 0.133. The molecule has 22 heavy (non-hydrogen) atoms. The van der Waals surface area contributed by atoms with Gasteiger partial charge in [0.1, 0.15) is 0 Å². The van der Waals surface area contributed by atoms with Crippen molar-refractivity contribution in [1.29, 1.82) is 0 Å². The van der Waals surface area contributed by atoms with Gasteiger partial charge in [-0.2, -0.15) is 13.2 Å². The molecular weight excluding hydrogens is 383 g/mol. The predicted octanol–water partition coefficient (Wildman–Crippen LogP) is 5.92. The van der Waals surface area contributed by atoms with Gasteiger partial charge in [0, 0.05) is 15.1 Å². The maximum atomic E-state index is 13.0. The first kappa shape index (κ1) is 16.8. The van der Waals surface area contributed by atoms with E-state index in [1.807, 2.05) is 0 Å². The molecule has 0 bridgehead atoms. The van der Waals surface area contributed by atoms with Crippen molar-refractivity contribution in [3.05, 3.63) is 63.1 Å². The third-order valence-electron chi connectivity index (χ3n) is 2.78. The Balaban J connectivity index is 2.32. The van der Waals surface area contributed by atoms with E-state index in [4.69, 9.17) is 16.4 Å². The summed E-state index contributed by atoms with van der Waals surface area (Å²) in [6, 6.07) is 10.1. The molecule has 116 valence electrons. The minimum absolute atomic E-state index is 0.0812. The van der Waals surface area contributed by atoms with Crippen LogP contribution in [-0.4, -0.2) is 5.71 Å². The SMILES string of the molecule is CC(=NOc1ccc(Br)cc1)c1cc(Cl)ccc1C(F)(F)F. The number of nitrogens with zero attached hydrogens (tertiary/aromatic N) is 1. The molecule has 2 aromatic rings. The number of hydrogen-bond donors (Lipinski definition) is 0. The Labute approximate surface area is 138 Å². The van der Waals surface area contributed by atoms with Crippen LogP contribution in [0, 0.1) is 0 Å². The number of alkyl halides is 3. The van der Waals surface area contributed by atoms with Crippen molar-refractivity contribution in [2.45, 2.75) is 13.1 Å². The quantitative estimate of drug-likeness (QED) is 0.469. The van der Waals surface area contributed by atoms with Crippen molar-refractivity contribution < 1.29 is 18.0 Å². The molecular formula is C15H10BrClF3NO. The number of rotatable bonds is 3. The standard InChI is InChI=1S/C15H10BrClF3NO/c1-9(21-22-12-5-2-10(16)3-6-12)13-8-11(17)4-7-14(13)15(18,19)20/h2-8H,1H3. The van der Waals surface area contributed by atoms with E-state index in [1.54, 1.807) is 24.3 Å². The van der Waals surface area contributed by atoms with Gasteiger partial charge < -0.3 is 4.84 Å². The highest BCUT2D eigenvalue weighted by Crippen LogP contribution is 2.33. The van der Waals surface area contributed by atoms with E-state index < -0.39 is 11.7 Å². The summed E-state index contributed by atoms with van der Waals surface area (Å²) >= 11 is 9.05. The Morgan fingerprint density at radius 1 is 1.14 bits per heavy atom. The summed E-state index contributed by atoms with van der Waals surface area (Å²) in [4.78, 5) is 5.14. The molecule has 0 aliphatic carbocycles. The lowest BCUT2D eigenvalue weighted by molar-refractivity contribution is -0.137. The van der Waals surface area contributed by atoms with Crippen LogP contribution in [-0.2, 0) is 6.18 Å². The zero-order valence-corrected chi connectivity index (χ0v) is 13.6. The van der Waals surface area contributed by atoms with Crippen LogP contribution in [0.4, 0.5) is 13.2 Å². The second kappa shape index (κ2) is 6.71. The van der Waals surface area contributed by atoms with Crippen molar-refractivity contribution in [3.63, 3.8) is 0 Å². The Bertz CT molecular complexity index is 699. The molecule has 7 heteroatoms. The van der Waals surface area contributed by atoms with Crippen LogP contribution in [0.2, 0.25) is 5.02 Å². The zero-order chi connectivity index (χ0) is 16.3. The highest BCUT2D eigenvalue weighted by atomic mass is 79.9. The fourth-order valence-electron chi connectivity index (χ4n) is 1.73. The van der Waals surface area contributed by atoms with Gasteiger partial charge in [-0.3, -0.25) is 0 Å². The van der Waals surface area contributed by atoms with E-state index in [0.717, 1.165) is 10.5 Å². The minimum atomic E-state index is -4.49. The van der Waals surface area contributed by atoms with Gasteiger partial charge in [0.25, 0.3) is 0 Å². The van der Waals surface area contributed by atoms with Gasteiger partial charge >= 0.3 is 6.18 Å². The van der Waals surface area contributed by atoms with Crippen LogP contribution < -0.4 is 4.84 Å². The second-order valence-electron chi connectivity index (χ2n) is 4.41. The number of oxime groups is 1. The van der Waals surface area contributed by atoms with Crippen molar-refractivity contribution in [2.75, 3.05) is 0 Å². The number of hydrogen-bond acceptors (Lipinski definition) is 2. The highest BCUT2D eigenvalue weighted by molar-refractivity contribution is 9.10.